The fourth-order valence-electron chi connectivity index (χ4n) is 4.34. The van der Waals surface area contributed by atoms with E-state index in [2.05, 4.69) is 23.2 Å². The Labute approximate surface area is 198 Å². The maximum atomic E-state index is 13.4. The molecule has 2 heterocycles. The van der Waals surface area contributed by atoms with Gasteiger partial charge in [-0.3, -0.25) is 0 Å². The molecule has 1 fully saturated rings. The van der Waals surface area contributed by atoms with Crippen LogP contribution in [-0.2, 0) is 6.42 Å². The van der Waals surface area contributed by atoms with Crippen LogP contribution in [-0.4, -0.2) is 42.1 Å². The number of rotatable bonds is 4. The Kier molecular flexibility index (Phi) is 6.12. The summed E-state index contributed by atoms with van der Waals surface area (Å²) in [7, 11) is 0. The highest BCUT2D eigenvalue weighted by Crippen LogP contribution is 2.29. The third-order valence-electron chi connectivity index (χ3n) is 6.37. The number of carbonyl (C=O) groups excluding carboxylic acids is 1. The highest BCUT2D eigenvalue weighted by molar-refractivity contribution is 5.94. The summed E-state index contributed by atoms with van der Waals surface area (Å²) in [4.78, 5) is 21.7. The van der Waals surface area contributed by atoms with Crippen molar-refractivity contribution in [2.24, 2.45) is 0 Å². The third-order valence-corrected chi connectivity index (χ3v) is 6.37. The predicted octanol–water partition coefficient (Wildman–Crippen LogP) is 5.96. The van der Waals surface area contributed by atoms with Gasteiger partial charge in [0.1, 0.15) is 11.6 Å². The van der Waals surface area contributed by atoms with Gasteiger partial charge in [-0.25, -0.2) is 14.2 Å². The van der Waals surface area contributed by atoms with Gasteiger partial charge in [0, 0.05) is 42.8 Å². The SMILES string of the molecule is CCc1ccc(NC(=O)N2CCN(c3ccc4cccc(-c5ccc(F)cc5)c4n3)CC2)cc1. The second-order valence-electron chi connectivity index (χ2n) is 8.51. The molecule has 34 heavy (non-hydrogen) atoms. The van der Waals surface area contributed by atoms with Gasteiger partial charge in [-0.05, 0) is 53.9 Å². The Bertz CT molecular complexity index is 1300. The first-order chi connectivity index (χ1) is 16.6. The van der Waals surface area contributed by atoms with Crippen LogP contribution in [0.1, 0.15) is 12.5 Å². The van der Waals surface area contributed by atoms with Gasteiger partial charge in [-0.2, -0.15) is 0 Å². The normalized spacial score (nSPS) is 13.8. The fraction of sp³-hybridized carbons (Fsp3) is 0.214. The first kappa shape index (κ1) is 21.9. The van der Waals surface area contributed by atoms with Gasteiger partial charge in [0.05, 0.1) is 5.52 Å². The molecular formula is C28H27FN4O. The molecule has 1 aromatic heterocycles. The topological polar surface area (TPSA) is 48.5 Å². The number of aromatic nitrogens is 1. The van der Waals surface area contributed by atoms with E-state index in [1.54, 1.807) is 12.1 Å². The van der Waals surface area contributed by atoms with E-state index in [0.717, 1.165) is 40.0 Å². The lowest BCUT2D eigenvalue weighted by Gasteiger charge is -2.35. The van der Waals surface area contributed by atoms with Crippen LogP contribution in [0.4, 0.5) is 20.7 Å². The van der Waals surface area contributed by atoms with E-state index in [0.29, 0.717) is 26.2 Å². The zero-order valence-electron chi connectivity index (χ0n) is 19.2. The van der Waals surface area contributed by atoms with E-state index in [1.807, 2.05) is 53.4 Å². The van der Waals surface area contributed by atoms with Crippen molar-refractivity contribution in [1.29, 1.82) is 0 Å². The lowest BCUT2D eigenvalue weighted by atomic mass is 10.0. The number of aryl methyl sites for hydroxylation is 1. The zero-order valence-corrected chi connectivity index (χ0v) is 19.2. The predicted molar refractivity (Wildman–Crippen MR) is 136 cm³/mol. The number of hydrogen-bond acceptors (Lipinski definition) is 3. The van der Waals surface area contributed by atoms with Crippen molar-refractivity contribution < 1.29 is 9.18 Å². The molecule has 5 nitrogen and oxygen atoms in total. The number of nitrogens with one attached hydrogen (secondary N) is 1. The molecule has 1 aliphatic rings. The van der Waals surface area contributed by atoms with E-state index < -0.39 is 0 Å². The van der Waals surface area contributed by atoms with Gasteiger partial charge in [-0.1, -0.05) is 49.4 Å². The Balaban J connectivity index is 1.29. The number of urea groups is 1. The van der Waals surface area contributed by atoms with Gasteiger partial charge in [0.2, 0.25) is 0 Å². The molecule has 1 aliphatic heterocycles. The van der Waals surface area contributed by atoms with Crippen molar-refractivity contribution in [3.8, 4) is 11.1 Å². The Hall–Kier alpha value is -3.93. The highest BCUT2D eigenvalue weighted by atomic mass is 19.1. The number of pyridine rings is 1. The molecule has 1 N–H and O–H groups in total. The molecule has 5 rings (SSSR count). The summed E-state index contributed by atoms with van der Waals surface area (Å²) >= 11 is 0. The second kappa shape index (κ2) is 9.51. The average molecular weight is 455 g/mol. The number of carbonyl (C=O) groups is 1. The number of benzene rings is 3. The molecule has 0 atom stereocenters. The number of amides is 2. The molecule has 3 aromatic carbocycles. The number of piperazine rings is 1. The smallest absolute Gasteiger partial charge is 0.321 e. The molecule has 6 heteroatoms. The summed E-state index contributed by atoms with van der Waals surface area (Å²) in [6.45, 7) is 4.77. The van der Waals surface area contributed by atoms with Gasteiger partial charge in [-0.15, -0.1) is 0 Å². The molecule has 2 amide bonds. The molecule has 0 bridgehead atoms. The van der Waals surface area contributed by atoms with E-state index >= 15 is 0 Å². The lowest BCUT2D eigenvalue weighted by Crippen LogP contribution is -2.50. The average Bonchev–Trinajstić information content (AvgIpc) is 2.89. The molecule has 172 valence electrons. The summed E-state index contributed by atoms with van der Waals surface area (Å²) in [5.74, 6) is 0.634. The van der Waals surface area contributed by atoms with Crippen molar-refractivity contribution in [3.05, 3.63) is 90.2 Å². The monoisotopic (exact) mass is 454 g/mol. The summed E-state index contributed by atoms with van der Waals surface area (Å²) < 4.78 is 13.4. The third kappa shape index (κ3) is 4.57. The quantitative estimate of drug-likeness (QED) is 0.414. The van der Waals surface area contributed by atoms with Crippen molar-refractivity contribution in [2.45, 2.75) is 13.3 Å². The largest absolute Gasteiger partial charge is 0.353 e. The van der Waals surface area contributed by atoms with E-state index in [4.69, 9.17) is 4.98 Å². The molecule has 0 unspecified atom stereocenters. The van der Waals surface area contributed by atoms with Crippen LogP contribution >= 0.6 is 0 Å². The van der Waals surface area contributed by atoms with Gasteiger partial charge in [0.15, 0.2) is 0 Å². The molecule has 0 spiro atoms. The molecule has 4 aromatic rings. The number of anilines is 2. The van der Waals surface area contributed by atoms with Crippen LogP contribution in [0.5, 0.6) is 0 Å². The number of para-hydroxylation sites is 1. The first-order valence-corrected chi connectivity index (χ1v) is 11.7. The van der Waals surface area contributed by atoms with Crippen LogP contribution in [0.25, 0.3) is 22.0 Å². The standard InChI is InChI=1S/C28H27FN4O/c1-2-20-6-13-24(14-7-20)30-28(34)33-18-16-32(17-19-33)26-15-10-22-4-3-5-25(27(22)31-26)21-8-11-23(29)12-9-21/h3-15H,2,16-19H2,1H3,(H,30,34). The van der Waals surface area contributed by atoms with Crippen LogP contribution in [0.2, 0.25) is 0 Å². The Morgan fingerprint density at radius 3 is 2.35 bits per heavy atom. The molecule has 0 radical (unpaired) electrons. The van der Waals surface area contributed by atoms with Crippen molar-refractivity contribution >= 4 is 28.4 Å². The highest BCUT2D eigenvalue weighted by Gasteiger charge is 2.22. The maximum absolute atomic E-state index is 13.4. The van der Waals surface area contributed by atoms with Crippen LogP contribution < -0.4 is 10.2 Å². The van der Waals surface area contributed by atoms with Crippen molar-refractivity contribution in [3.63, 3.8) is 0 Å². The summed E-state index contributed by atoms with van der Waals surface area (Å²) in [6, 6.07) is 24.6. The van der Waals surface area contributed by atoms with E-state index in [9.17, 15) is 9.18 Å². The van der Waals surface area contributed by atoms with Crippen LogP contribution in [0, 0.1) is 5.82 Å². The maximum Gasteiger partial charge on any atom is 0.321 e. The van der Waals surface area contributed by atoms with Crippen LogP contribution in [0.15, 0.2) is 78.9 Å². The number of hydrogen-bond donors (Lipinski definition) is 1. The Morgan fingerprint density at radius 1 is 0.912 bits per heavy atom. The number of fused-ring (bicyclic) bond motifs is 1. The molecule has 0 saturated carbocycles. The summed E-state index contributed by atoms with van der Waals surface area (Å²) in [6.07, 6.45) is 0.977. The minimum Gasteiger partial charge on any atom is -0.353 e. The van der Waals surface area contributed by atoms with E-state index in [1.165, 1.54) is 17.7 Å². The zero-order chi connectivity index (χ0) is 23.5. The number of halogens is 1. The van der Waals surface area contributed by atoms with Crippen molar-refractivity contribution in [2.75, 3.05) is 36.4 Å². The van der Waals surface area contributed by atoms with Crippen LogP contribution in [0.3, 0.4) is 0 Å². The fourth-order valence-corrected chi connectivity index (χ4v) is 4.34. The van der Waals surface area contributed by atoms with Gasteiger partial charge < -0.3 is 15.1 Å². The molecular weight excluding hydrogens is 427 g/mol. The van der Waals surface area contributed by atoms with Gasteiger partial charge in [0.25, 0.3) is 0 Å². The molecule has 0 aliphatic carbocycles. The Morgan fingerprint density at radius 2 is 1.65 bits per heavy atom. The summed E-state index contributed by atoms with van der Waals surface area (Å²) in [5, 5.41) is 4.04. The van der Waals surface area contributed by atoms with Gasteiger partial charge >= 0.3 is 6.03 Å². The lowest BCUT2D eigenvalue weighted by molar-refractivity contribution is 0.208. The van der Waals surface area contributed by atoms with Crippen molar-refractivity contribution in [1.82, 2.24) is 9.88 Å². The minimum atomic E-state index is -0.252. The van der Waals surface area contributed by atoms with E-state index in [-0.39, 0.29) is 11.8 Å². The summed E-state index contributed by atoms with van der Waals surface area (Å²) in [5.41, 5.74) is 4.87. The number of nitrogens with zero attached hydrogens (tertiary/aromatic N) is 3. The minimum absolute atomic E-state index is 0.0750. The first-order valence-electron chi connectivity index (χ1n) is 11.7. The second-order valence-corrected chi connectivity index (χ2v) is 8.51. The molecule has 1 saturated heterocycles.